The fourth-order valence-corrected chi connectivity index (χ4v) is 4.15. The first-order valence-electron chi connectivity index (χ1n) is 8.05. The minimum atomic E-state index is 0.844. The third-order valence-corrected chi connectivity index (χ3v) is 5.18. The Balaban J connectivity index is 1.54. The van der Waals surface area contributed by atoms with Crippen molar-refractivity contribution in [2.45, 2.75) is 77.2 Å². The van der Waals surface area contributed by atoms with Crippen molar-refractivity contribution in [3.05, 3.63) is 0 Å². The molecule has 2 rings (SSSR count). The topological polar surface area (TPSA) is 12.0 Å². The standard InChI is InChI=1S/C16H31N/c1-3-4-5-6-7-8-12-15(17-2)16-13-10-9-11-14(13)16/h13-17H,3-12H2,1-2H3. The van der Waals surface area contributed by atoms with E-state index in [0.29, 0.717) is 0 Å². The SMILES string of the molecule is CCCCCCCCC(NC)C1C2CCCC21. The van der Waals surface area contributed by atoms with Gasteiger partial charge in [0.2, 0.25) is 0 Å². The molecule has 1 nitrogen and oxygen atoms in total. The van der Waals surface area contributed by atoms with Crippen LogP contribution in [0.4, 0.5) is 0 Å². The summed E-state index contributed by atoms with van der Waals surface area (Å²) < 4.78 is 0. The van der Waals surface area contributed by atoms with Crippen molar-refractivity contribution < 1.29 is 0 Å². The fourth-order valence-electron chi connectivity index (χ4n) is 4.15. The van der Waals surface area contributed by atoms with Crippen LogP contribution in [-0.4, -0.2) is 13.1 Å². The van der Waals surface area contributed by atoms with E-state index in [-0.39, 0.29) is 0 Å². The molecule has 17 heavy (non-hydrogen) atoms. The van der Waals surface area contributed by atoms with Crippen LogP contribution in [0.25, 0.3) is 0 Å². The van der Waals surface area contributed by atoms with Gasteiger partial charge in [0.1, 0.15) is 0 Å². The predicted molar refractivity (Wildman–Crippen MR) is 75.2 cm³/mol. The minimum absolute atomic E-state index is 0.844. The second kappa shape index (κ2) is 6.78. The van der Waals surface area contributed by atoms with Gasteiger partial charge >= 0.3 is 0 Å². The number of hydrogen-bond donors (Lipinski definition) is 1. The maximum absolute atomic E-state index is 3.59. The highest BCUT2D eigenvalue weighted by molar-refractivity contribution is 5.05. The van der Waals surface area contributed by atoms with Crippen molar-refractivity contribution in [1.29, 1.82) is 0 Å². The van der Waals surface area contributed by atoms with Crippen LogP contribution in [0.3, 0.4) is 0 Å². The van der Waals surface area contributed by atoms with E-state index < -0.39 is 0 Å². The Morgan fingerprint density at radius 2 is 1.65 bits per heavy atom. The maximum atomic E-state index is 3.59. The molecule has 100 valence electrons. The third kappa shape index (κ3) is 3.47. The Morgan fingerprint density at radius 3 is 2.29 bits per heavy atom. The largest absolute Gasteiger partial charge is 0.317 e. The van der Waals surface area contributed by atoms with E-state index in [4.69, 9.17) is 0 Å². The lowest BCUT2D eigenvalue weighted by molar-refractivity contribution is 0.392. The molecule has 0 aromatic carbocycles. The zero-order chi connectivity index (χ0) is 12.1. The minimum Gasteiger partial charge on any atom is -0.317 e. The van der Waals surface area contributed by atoms with E-state index in [1.54, 1.807) is 0 Å². The first-order chi connectivity index (χ1) is 8.38. The average molecular weight is 237 g/mol. The predicted octanol–water partition coefficient (Wildman–Crippen LogP) is 4.37. The molecule has 1 heteroatoms. The first-order valence-corrected chi connectivity index (χ1v) is 8.05. The Kier molecular flexibility index (Phi) is 5.34. The van der Waals surface area contributed by atoms with Gasteiger partial charge in [0, 0.05) is 6.04 Å². The van der Waals surface area contributed by atoms with Crippen molar-refractivity contribution in [2.24, 2.45) is 17.8 Å². The highest BCUT2D eigenvalue weighted by Crippen LogP contribution is 2.59. The molecule has 0 radical (unpaired) electrons. The molecule has 3 atom stereocenters. The number of unbranched alkanes of at least 4 members (excludes halogenated alkanes) is 5. The summed E-state index contributed by atoms with van der Waals surface area (Å²) >= 11 is 0. The van der Waals surface area contributed by atoms with Crippen LogP contribution in [0.5, 0.6) is 0 Å². The summed E-state index contributed by atoms with van der Waals surface area (Å²) in [4.78, 5) is 0. The van der Waals surface area contributed by atoms with Gasteiger partial charge in [-0.2, -0.15) is 0 Å². The van der Waals surface area contributed by atoms with Gasteiger partial charge in [0.05, 0.1) is 0 Å². The van der Waals surface area contributed by atoms with E-state index >= 15 is 0 Å². The molecule has 0 aromatic heterocycles. The summed E-state index contributed by atoms with van der Waals surface area (Å²) in [6.45, 7) is 2.29. The van der Waals surface area contributed by atoms with Gasteiger partial charge in [-0.15, -0.1) is 0 Å². The van der Waals surface area contributed by atoms with Crippen LogP contribution in [0.15, 0.2) is 0 Å². The molecular weight excluding hydrogens is 206 g/mol. The van der Waals surface area contributed by atoms with E-state index in [2.05, 4.69) is 19.3 Å². The van der Waals surface area contributed by atoms with E-state index in [9.17, 15) is 0 Å². The molecule has 0 bridgehead atoms. The van der Waals surface area contributed by atoms with Gasteiger partial charge in [0.15, 0.2) is 0 Å². The van der Waals surface area contributed by atoms with Crippen molar-refractivity contribution >= 4 is 0 Å². The van der Waals surface area contributed by atoms with Gasteiger partial charge in [-0.25, -0.2) is 0 Å². The summed E-state index contributed by atoms with van der Waals surface area (Å²) in [5.41, 5.74) is 0. The maximum Gasteiger partial charge on any atom is 0.00978 e. The first kappa shape index (κ1) is 13.4. The quantitative estimate of drug-likeness (QED) is 0.587. The van der Waals surface area contributed by atoms with Gasteiger partial charge in [-0.05, 0) is 44.1 Å². The third-order valence-electron chi connectivity index (χ3n) is 5.18. The van der Waals surface area contributed by atoms with Crippen LogP contribution in [0, 0.1) is 17.8 Å². The van der Waals surface area contributed by atoms with E-state index in [0.717, 1.165) is 23.8 Å². The van der Waals surface area contributed by atoms with E-state index in [1.165, 1.54) is 64.2 Å². The molecule has 0 saturated heterocycles. The van der Waals surface area contributed by atoms with Crippen LogP contribution in [-0.2, 0) is 0 Å². The van der Waals surface area contributed by atoms with Crippen molar-refractivity contribution in [1.82, 2.24) is 5.32 Å². The molecule has 0 amide bonds. The Morgan fingerprint density at radius 1 is 1.00 bits per heavy atom. The molecule has 2 aliphatic carbocycles. The molecule has 1 N–H and O–H groups in total. The Hall–Kier alpha value is -0.0400. The zero-order valence-corrected chi connectivity index (χ0v) is 11.9. The molecule has 0 aromatic rings. The lowest BCUT2D eigenvalue weighted by atomic mass is 9.98. The molecule has 0 heterocycles. The van der Waals surface area contributed by atoms with Crippen molar-refractivity contribution in [2.75, 3.05) is 7.05 Å². The highest BCUT2D eigenvalue weighted by atomic mass is 14.9. The monoisotopic (exact) mass is 237 g/mol. The lowest BCUT2D eigenvalue weighted by Gasteiger charge is -2.18. The van der Waals surface area contributed by atoms with Crippen LogP contribution >= 0.6 is 0 Å². The fraction of sp³-hybridized carbons (Fsp3) is 1.00. The summed E-state index contributed by atoms with van der Waals surface area (Å²) in [7, 11) is 2.18. The smallest absolute Gasteiger partial charge is 0.00978 e. The molecule has 0 aliphatic heterocycles. The summed E-state index contributed by atoms with van der Waals surface area (Å²) in [5, 5.41) is 3.59. The van der Waals surface area contributed by atoms with Crippen molar-refractivity contribution in [3.63, 3.8) is 0 Å². The summed E-state index contributed by atoms with van der Waals surface area (Å²) in [6, 6.07) is 0.844. The molecular formula is C16H31N. The molecule has 2 aliphatic rings. The number of rotatable bonds is 9. The van der Waals surface area contributed by atoms with Gasteiger partial charge in [-0.3, -0.25) is 0 Å². The van der Waals surface area contributed by atoms with Gasteiger partial charge < -0.3 is 5.32 Å². The average Bonchev–Trinajstić information content (AvgIpc) is 2.83. The van der Waals surface area contributed by atoms with Crippen LogP contribution in [0.2, 0.25) is 0 Å². The number of nitrogens with one attached hydrogen (secondary N) is 1. The molecule has 0 spiro atoms. The second-order valence-electron chi connectivity index (χ2n) is 6.29. The summed E-state index contributed by atoms with van der Waals surface area (Å²) in [6.07, 6.45) is 14.6. The van der Waals surface area contributed by atoms with Gasteiger partial charge in [0.25, 0.3) is 0 Å². The molecule has 2 saturated carbocycles. The van der Waals surface area contributed by atoms with Crippen molar-refractivity contribution in [3.8, 4) is 0 Å². The van der Waals surface area contributed by atoms with Crippen LogP contribution in [0.1, 0.15) is 71.1 Å². The number of fused-ring (bicyclic) bond motifs is 1. The second-order valence-corrected chi connectivity index (χ2v) is 6.29. The normalized spacial score (nSPS) is 32.5. The van der Waals surface area contributed by atoms with Gasteiger partial charge in [-0.1, -0.05) is 51.9 Å². The number of hydrogen-bond acceptors (Lipinski definition) is 1. The molecule has 3 unspecified atom stereocenters. The van der Waals surface area contributed by atoms with Crippen LogP contribution < -0.4 is 5.32 Å². The lowest BCUT2D eigenvalue weighted by Crippen LogP contribution is -2.29. The van der Waals surface area contributed by atoms with E-state index in [1.807, 2.05) is 0 Å². The summed E-state index contributed by atoms with van der Waals surface area (Å²) in [5.74, 6) is 3.30. The molecule has 2 fully saturated rings. The Labute approximate surface area is 108 Å². The Bertz CT molecular complexity index is 204. The zero-order valence-electron chi connectivity index (χ0n) is 11.9. The highest BCUT2D eigenvalue weighted by Gasteiger charge is 2.54.